The number of hydroxylamine groups is 2. The van der Waals surface area contributed by atoms with Gasteiger partial charge in [-0.15, -0.1) is 0 Å². The number of allylic oxidation sites excluding steroid dienone is 4. The molecule has 0 saturated heterocycles. The van der Waals surface area contributed by atoms with Gasteiger partial charge in [-0.3, -0.25) is 15.1 Å². The molecule has 1 aliphatic carbocycles. The third-order valence-electron chi connectivity index (χ3n) is 1.52. The van der Waals surface area contributed by atoms with Crippen molar-refractivity contribution in [2.24, 2.45) is 0 Å². The smallest absolute Gasteiger partial charge is 0.220 e. The number of hydrogen-bond acceptors (Lipinski definition) is 4. The maximum absolute atomic E-state index is 11.1. The Morgan fingerprint density at radius 1 is 1.54 bits per heavy atom. The predicted molar refractivity (Wildman–Crippen MR) is 46.9 cm³/mol. The fourth-order valence-corrected chi connectivity index (χ4v) is 0.980. The number of rotatable bonds is 2. The van der Waals surface area contributed by atoms with Crippen LogP contribution in [0.1, 0.15) is 0 Å². The predicted octanol–water partition coefficient (Wildman–Crippen LogP) is 0.861. The molecule has 0 spiro atoms. The number of methoxy groups -OCH3 is 1. The standard InChI is InChI=1S/C9H11NO3/c1-10(12)6-7-3-4-8(11)9(5-7)13-2/h3-6,12H,1-2H3/b7-6+. The van der Waals surface area contributed by atoms with Crippen LogP contribution in [-0.2, 0) is 9.53 Å². The SMILES string of the molecule is COC1=C/C(=C/N(C)O)C=CC1=O. The maximum Gasteiger partial charge on any atom is 0.220 e. The molecular weight excluding hydrogens is 170 g/mol. The second-order valence-electron chi connectivity index (χ2n) is 2.61. The van der Waals surface area contributed by atoms with E-state index in [0.29, 0.717) is 5.57 Å². The van der Waals surface area contributed by atoms with Crippen molar-refractivity contribution in [3.05, 3.63) is 35.8 Å². The summed E-state index contributed by atoms with van der Waals surface area (Å²) in [5, 5.41) is 9.81. The van der Waals surface area contributed by atoms with Crippen molar-refractivity contribution in [3.8, 4) is 0 Å². The van der Waals surface area contributed by atoms with Crippen LogP contribution >= 0.6 is 0 Å². The lowest BCUT2D eigenvalue weighted by atomic mass is 10.1. The highest BCUT2D eigenvalue weighted by Gasteiger charge is 2.10. The van der Waals surface area contributed by atoms with Crippen molar-refractivity contribution in [1.29, 1.82) is 0 Å². The highest BCUT2D eigenvalue weighted by molar-refractivity contribution is 6.04. The molecule has 0 aromatic heterocycles. The first kappa shape index (κ1) is 9.54. The van der Waals surface area contributed by atoms with Gasteiger partial charge >= 0.3 is 0 Å². The van der Waals surface area contributed by atoms with Crippen LogP contribution in [0.2, 0.25) is 0 Å². The van der Waals surface area contributed by atoms with E-state index in [1.54, 1.807) is 12.2 Å². The van der Waals surface area contributed by atoms with Gasteiger partial charge in [0.05, 0.1) is 7.11 Å². The Balaban J connectivity index is 2.88. The average Bonchev–Trinajstić information content (AvgIpc) is 2.07. The molecule has 0 aromatic rings. The Morgan fingerprint density at radius 3 is 2.77 bits per heavy atom. The second kappa shape index (κ2) is 3.91. The van der Waals surface area contributed by atoms with E-state index in [0.717, 1.165) is 5.06 Å². The van der Waals surface area contributed by atoms with Crippen LogP contribution in [0.25, 0.3) is 0 Å². The molecule has 0 saturated carbocycles. The molecule has 0 fully saturated rings. The molecule has 13 heavy (non-hydrogen) atoms. The van der Waals surface area contributed by atoms with Gasteiger partial charge in [0.25, 0.3) is 0 Å². The van der Waals surface area contributed by atoms with Gasteiger partial charge in [0.2, 0.25) is 5.78 Å². The fourth-order valence-electron chi connectivity index (χ4n) is 0.980. The zero-order valence-electron chi connectivity index (χ0n) is 7.52. The third-order valence-corrected chi connectivity index (χ3v) is 1.52. The van der Waals surface area contributed by atoms with Gasteiger partial charge in [-0.25, -0.2) is 0 Å². The molecule has 0 heterocycles. The van der Waals surface area contributed by atoms with Crippen molar-refractivity contribution in [1.82, 2.24) is 5.06 Å². The minimum absolute atomic E-state index is 0.166. The first-order valence-corrected chi connectivity index (χ1v) is 3.75. The zero-order valence-corrected chi connectivity index (χ0v) is 7.52. The summed E-state index contributed by atoms with van der Waals surface area (Å²) in [6.45, 7) is 0. The second-order valence-corrected chi connectivity index (χ2v) is 2.61. The van der Waals surface area contributed by atoms with E-state index < -0.39 is 0 Å². The monoisotopic (exact) mass is 181 g/mol. The van der Waals surface area contributed by atoms with Crippen molar-refractivity contribution < 1.29 is 14.7 Å². The Labute approximate surface area is 76.4 Å². The molecule has 0 radical (unpaired) electrons. The van der Waals surface area contributed by atoms with Gasteiger partial charge in [-0.2, -0.15) is 0 Å². The van der Waals surface area contributed by atoms with Gasteiger partial charge in [0.15, 0.2) is 5.76 Å². The lowest BCUT2D eigenvalue weighted by molar-refractivity contribution is -0.114. The first-order chi connectivity index (χ1) is 6.13. The number of hydrogen-bond donors (Lipinski definition) is 1. The first-order valence-electron chi connectivity index (χ1n) is 3.75. The van der Waals surface area contributed by atoms with Crippen LogP contribution in [0, 0.1) is 0 Å². The van der Waals surface area contributed by atoms with Gasteiger partial charge in [0, 0.05) is 13.2 Å². The highest BCUT2D eigenvalue weighted by Crippen LogP contribution is 2.13. The van der Waals surface area contributed by atoms with Gasteiger partial charge in [0.1, 0.15) is 0 Å². The normalized spacial score (nSPS) is 18.8. The summed E-state index contributed by atoms with van der Waals surface area (Å²) in [5.41, 5.74) is 0.710. The van der Waals surface area contributed by atoms with Gasteiger partial charge < -0.3 is 4.74 Å². The number of ketones is 1. The summed E-state index contributed by atoms with van der Waals surface area (Å²) >= 11 is 0. The fraction of sp³-hybridized carbons (Fsp3) is 0.222. The number of carbonyl (C=O) groups is 1. The molecular formula is C9H11NO3. The average molecular weight is 181 g/mol. The molecule has 0 amide bonds. The quantitative estimate of drug-likeness (QED) is 0.642. The van der Waals surface area contributed by atoms with Crippen molar-refractivity contribution in [3.63, 3.8) is 0 Å². The van der Waals surface area contributed by atoms with Crippen LogP contribution in [0.3, 0.4) is 0 Å². The lowest BCUT2D eigenvalue weighted by Gasteiger charge is -2.09. The molecule has 0 bridgehead atoms. The van der Waals surface area contributed by atoms with E-state index in [2.05, 4.69) is 0 Å². The molecule has 1 rings (SSSR count). The summed E-state index contributed by atoms with van der Waals surface area (Å²) in [5.74, 6) is 0.107. The summed E-state index contributed by atoms with van der Waals surface area (Å²) < 4.78 is 4.83. The highest BCUT2D eigenvalue weighted by atomic mass is 16.5. The number of nitrogens with zero attached hydrogens (tertiary/aromatic N) is 1. The molecule has 0 aliphatic heterocycles. The summed E-state index contributed by atoms with van der Waals surface area (Å²) in [6.07, 6.45) is 6.04. The Hall–Kier alpha value is -1.55. The van der Waals surface area contributed by atoms with E-state index in [9.17, 15) is 4.79 Å². The number of carbonyl (C=O) groups excluding carboxylic acids is 1. The maximum atomic E-state index is 11.1. The lowest BCUT2D eigenvalue weighted by Crippen LogP contribution is -2.08. The largest absolute Gasteiger partial charge is 0.493 e. The van der Waals surface area contributed by atoms with E-state index >= 15 is 0 Å². The Morgan fingerprint density at radius 2 is 2.23 bits per heavy atom. The molecule has 70 valence electrons. The molecule has 4 heteroatoms. The van der Waals surface area contributed by atoms with E-state index in [1.165, 1.54) is 26.4 Å². The Bertz CT molecular complexity index is 300. The van der Waals surface area contributed by atoms with Crippen LogP contribution in [0.4, 0.5) is 0 Å². The zero-order chi connectivity index (χ0) is 9.84. The number of ether oxygens (including phenoxy) is 1. The van der Waals surface area contributed by atoms with Gasteiger partial charge in [-0.05, 0) is 23.8 Å². The summed E-state index contributed by atoms with van der Waals surface area (Å²) in [6, 6.07) is 0. The molecule has 1 aliphatic rings. The van der Waals surface area contributed by atoms with Crippen molar-refractivity contribution >= 4 is 5.78 Å². The molecule has 0 aromatic carbocycles. The van der Waals surface area contributed by atoms with E-state index in [4.69, 9.17) is 9.94 Å². The molecule has 0 unspecified atom stereocenters. The van der Waals surface area contributed by atoms with E-state index in [1.807, 2.05) is 0 Å². The topological polar surface area (TPSA) is 49.8 Å². The summed E-state index contributed by atoms with van der Waals surface area (Å²) in [7, 11) is 2.92. The Kier molecular flexibility index (Phi) is 2.87. The van der Waals surface area contributed by atoms with Crippen LogP contribution < -0.4 is 0 Å². The van der Waals surface area contributed by atoms with Crippen LogP contribution in [0.5, 0.6) is 0 Å². The molecule has 0 atom stereocenters. The van der Waals surface area contributed by atoms with Gasteiger partial charge in [-0.1, -0.05) is 0 Å². The summed E-state index contributed by atoms with van der Waals surface area (Å²) in [4.78, 5) is 11.1. The minimum Gasteiger partial charge on any atom is -0.493 e. The van der Waals surface area contributed by atoms with Crippen LogP contribution in [-0.4, -0.2) is 30.2 Å². The molecule has 1 N–H and O–H groups in total. The minimum atomic E-state index is -0.166. The van der Waals surface area contributed by atoms with Crippen LogP contribution in [0.15, 0.2) is 35.8 Å². The third kappa shape index (κ3) is 2.45. The molecule has 4 nitrogen and oxygen atoms in total. The van der Waals surface area contributed by atoms with Crippen molar-refractivity contribution in [2.75, 3.05) is 14.2 Å². The van der Waals surface area contributed by atoms with E-state index in [-0.39, 0.29) is 11.5 Å². The van der Waals surface area contributed by atoms with Crippen molar-refractivity contribution in [2.45, 2.75) is 0 Å².